The molecule has 4 amide bonds. The van der Waals surface area contributed by atoms with E-state index in [0.717, 1.165) is 4.90 Å². The molecule has 2 aliphatic rings. The monoisotopic (exact) mass is 415 g/mol. The largest absolute Gasteiger partial charge is 0.486 e. The van der Waals surface area contributed by atoms with Gasteiger partial charge in [0.1, 0.15) is 25.3 Å². The lowest BCUT2D eigenvalue weighted by Crippen LogP contribution is -2.42. The van der Waals surface area contributed by atoms with Gasteiger partial charge in [0, 0.05) is 10.7 Å². The number of imide groups is 1. The lowest BCUT2D eigenvalue weighted by molar-refractivity contribution is -0.133. The second-order valence-corrected chi connectivity index (χ2v) is 7.30. The minimum Gasteiger partial charge on any atom is -0.486 e. The van der Waals surface area contributed by atoms with Crippen LogP contribution < -0.4 is 20.1 Å². The highest BCUT2D eigenvalue weighted by molar-refractivity contribution is 6.30. The standard InChI is InChI=1S/C20H18ClN3O5/c1-20(12-2-7-15-16(10-12)29-9-8-28-15)18(26)24(19(27)23-20)11-17(25)22-14-5-3-13(21)4-6-14/h2-7,10H,8-9,11H2,1H3,(H,22,25)(H,23,27)/t20-/m1/s1. The number of anilines is 1. The molecular formula is C20H18ClN3O5. The number of carbonyl (C=O) groups is 3. The van der Waals surface area contributed by atoms with Crippen molar-refractivity contribution in [2.24, 2.45) is 0 Å². The number of rotatable bonds is 4. The highest BCUT2D eigenvalue weighted by atomic mass is 35.5. The molecule has 2 aromatic carbocycles. The third-order valence-electron chi connectivity index (χ3n) is 4.82. The smallest absolute Gasteiger partial charge is 0.325 e. The van der Waals surface area contributed by atoms with E-state index in [1.165, 1.54) is 0 Å². The number of urea groups is 1. The molecule has 8 nitrogen and oxygen atoms in total. The van der Waals surface area contributed by atoms with Crippen LogP contribution in [0.3, 0.4) is 0 Å². The molecule has 1 fully saturated rings. The summed E-state index contributed by atoms with van der Waals surface area (Å²) in [6.07, 6.45) is 0. The normalized spacial score (nSPS) is 20.4. The zero-order valence-corrected chi connectivity index (χ0v) is 16.3. The molecule has 29 heavy (non-hydrogen) atoms. The second-order valence-electron chi connectivity index (χ2n) is 6.86. The number of hydrogen-bond acceptors (Lipinski definition) is 5. The van der Waals surface area contributed by atoms with Gasteiger partial charge in [0.2, 0.25) is 5.91 Å². The zero-order chi connectivity index (χ0) is 20.6. The summed E-state index contributed by atoms with van der Waals surface area (Å²) in [5.74, 6) is 0.0724. The maximum absolute atomic E-state index is 13.0. The van der Waals surface area contributed by atoms with Gasteiger partial charge < -0.3 is 20.1 Å². The first kappa shape index (κ1) is 19.1. The molecule has 1 saturated heterocycles. The molecule has 0 saturated carbocycles. The number of nitrogens with zero attached hydrogens (tertiary/aromatic N) is 1. The van der Waals surface area contributed by atoms with Gasteiger partial charge in [-0.15, -0.1) is 0 Å². The minimum absolute atomic E-state index is 0.407. The lowest BCUT2D eigenvalue weighted by atomic mass is 9.91. The van der Waals surface area contributed by atoms with Crippen LogP contribution in [0.4, 0.5) is 10.5 Å². The molecular weight excluding hydrogens is 398 g/mol. The lowest BCUT2D eigenvalue weighted by Gasteiger charge is -2.25. The molecule has 0 aromatic heterocycles. The Labute approximate surface area is 171 Å². The molecule has 1 atom stereocenters. The van der Waals surface area contributed by atoms with Gasteiger partial charge in [-0.3, -0.25) is 14.5 Å². The molecule has 0 spiro atoms. The summed E-state index contributed by atoms with van der Waals surface area (Å²) in [6.45, 7) is 2.05. The van der Waals surface area contributed by atoms with Crippen molar-refractivity contribution in [2.75, 3.05) is 25.1 Å². The molecule has 2 heterocycles. The van der Waals surface area contributed by atoms with Crippen LogP contribution in [0, 0.1) is 0 Å². The molecule has 2 aliphatic heterocycles. The fourth-order valence-corrected chi connectivity index (χ4v) is 3.39. The molecule has 4 rings (SSSR count). The Bertz CT molecular complexity index is 994. The fraction of sp³-hybridized carbons (Fsp3) is 0.250. The van der Waals surface area contributed by atoms with Crippen molar-refractivity contribution in [3.05, 3.63) is 53.1 Å². The molecule has 2 N–H and O–H groups in total. The van der Waals surface area contributed by atoms with Gasteiger partial charge >= 0.3 is 6.03 Å². The fourth-order valence-electron chi connectivity index (χ4n) is 3.27. The Balaban J connectivity index is 1.50. The molecule has 0 bridgehead atoms. The van der Waals surface area contributed by atoms with Gasteiger partial charge in [-0.05, 0) is 48.9 Å². The van der Waals surface area contributed by atoms with Crippen LogP contribution >= 0.6 is 11.6 Å². The summed E-state index contributed by atoms with van der Waals surface area (Å²) in [5.41, 5.74) is -0.255. The van der Waals surface area contributed by atoms with Crippen LogP contribution in [-0.2, 0) is 15.1 Å². The Morgan fingerprint density at radius 2 is 1.83 bits per heavy atom. The van der Waals surface area contributed by atoms with Crippen molar-refractivity contribution < 1.29 is 23.9 Å². The summed E-state index contributed by atoms with van der Waals surface area (Å²) >= 11 is 5.82. The number of ether oxygens (including phenoxy) is 2. The molecule has 2 aromatic rings. The van der Waals surface area contributed by atoms with Crippen molar-refractivity contribution in [2.45, 2.75) is 12.5 Å². The minimum atomic E-state index is -1.31. The van der Waals surface area contributed by atoms with E-state index in [2.05, 4.69) is 10.6 Å². The van der Waals surface area contributed by atoms with Crippen LogP contribution in [0.1, 0.15) is 12.5 Å². The molecule has 150 valence electrons. The van der Waals surface area contributed by atoms with E-state index in [-0.39, 0.29) is 0 Å². The summed E-state index contributed by atoms with van der Waals surface area (Å²) in [5, 5.41) is 5.85. The molecule has 9 heteroatoms. The van der Waals surface area contributed by atoms with Gasteiger partial charge in [0.15, 0.2) is 11.5 Å². The van der Waals surface area contributed by atoms with Gasteiger partial charge in [0.25, 0.3) is 5.91 Å². The Hall–Kier alpha value is -3.26. The maximum Gasteiger partial charge on any atom is 0.325 e. The summed E-state index contributed by atoms with van der Waals surface area (Å²) < 4.78 is 11.1. The van der Waals surface area contributed by atoms with Crippen LogP contribution in [0.15, 0.2) is 42.5 Å². The van der Waals surface area contributed by atoms with Crippen LogP contribution in [0.5, 0.6) is 11.5 Å². The first-order valence-corrected chi connectivity index (χ1v) is 9.34. The number of fused-ring (bicyclic) bond motifs is 1. The number of nitrogens with one attached hydrogen (secondary N) is 2. The van der Waals surface area contributed by atoms with E-state index in [1.54, 1.807) is 49.4 Å². The van der Waals surface area contributed by atoms with Gasteiger partial charge in [-0.1, -0.05) is 17.7 Å². The highest BCUT2D eigenvalue weighted by Crippen LogP contribution is 2.36. The third-order valence-corrected chi connectivity index (χ3v) is 5.08. The predicted molar refractivity (Wildman–Crippen MR) is 105 cm³/mol. The van der Waals surface area contributed by atoms with E-state index < -0.39 is 29.9 Å². The van der Waals surface area contributed by atoms with Gasteiger partial charge in [-0.2, -0.15) is 0 Å². The number of carbonyl (C=O) groups excluding carboxylic acids is 3. The van der Waals surface area contributed by atoms with Crippen molar-refractivity contribution in [1.29, 1.82) is 0 Å². The highest BCUT2D eigenvalue weighted by Gasteiger charge is 2.49. The van der Waals surface area contributed by atoms with E-state index in [4.69, 9.17) is 21.1 Å². The van der Waals surface area contributed by atoms with E-state index in [1.807, 2.05) is 0 Å². The predicted octanol–water partition coefficient (Wildman–Crippen LogP) is 2.52. The van der Waals surface area contributed by atoms with E-state index >= 15 is 0 Å². The average molecular weight is 416 g/mol. The van der Waals surface area contributed by atoms with Gasteiger partial charge in [0.05, 0.1) is 0 Å². The Morgan fingerprint density at radius 1 is 1.14 bits per heavy atom. The number of amides is 4. The molecule has 0 radical (unpaired) electrons. The van der Waals surface area contributed by atoms with Crippen molar-refractivity contribution >= 4 is 35.1 Å². The maximum atomic E-state index is 13.0. The van der Waals surface area contributed by atoms with Crippen molar-refractivity contribution in [1.82, 2.24) is 10.2 Å². The third kappa shape index (κ3) is 3.58. The number of halogens is 1. The Morgan fingerprint density at radius 3 is 2.55 bits per heavy atom. The van der Waals surface area contributed by atoms with E-state index in [9.17, 15) is 14.4 Å². The second kappa shape index (κ2) is 7.29. The Kier molecular flexibility index (Phi) is 4.79. The molecule has 0 aliphatic carbocycles. The van der Waals surface area contributed by atoms with Crippen molar-refractivity contribution in [3.63, 3.8) is 0 Å². The van der Waals surface area contributed by atoms with Crippen LogP contribution in [-0.4, -0.2) is 42.5 Å². The number of benzene rings is 2. The first-order valence-electron chi connectivity index (χ1n) is 8.96. The zero-order valence-electron chi connectivity index (χ0n) is 15.5. The quantitative estimate of drug-likeness (QED) is 0.748. The summed E-state index contributed by atoms with van der Waals surface area (Å²) in [4.78, 5) is 38.7. The summed E-state index contributed by atoms with van der Waals surface area (Å²) in [7, 11) is 0. The van der Waals surface area contributed by atoms with Crippen molar-refractivity contribution in [3.8, 4) is 11.5 Å². The molecule has 0 unspecified atom stereocenters. The first-order chi connectivity index (χ1) is 13.9. The topological polar surface area (TPSA) is 97.0 Å². The SMILES string of the molecule is C[C@]1(c2ccc3c(c2)OCCO3)NC(=O)N(CC(=O)Nc2ccc(Cl)cc2)C1=O. The summed E-state index contributed by atoms with van der Waals surface area (Å²) in [6, 6.07) is 10.9. The van der Waals surface area contributed by atoms with E-state index in [0.29, 0.717) is 41.0 Å². The average Bonchev–Trinajstić information content (AvgIpc) is 2.93. The number of hydrogen-bond donors (Lipinski definition) is 2. The van der Waals surface area contributed by atoms with Gasteiger partial charge in [-0.25, -0.2) is 4.79 Å². The van der Waals surface area contributed by atoms with Crippen LogP contribution in [0.2, 0.25) is 5.02 Å². The van der Waals surface area contributed by atoms with Crippen LogP contribution in [0.25, 0.3) is 0 Å².